The number of hydrogen-bond donors (Lipinski definition) is 5. The molecular weight excluding hydrogens is 334 g/mol. The Kier molecular flexibility index (Phi) is 11.6. The van der Waals surface area contributed by atoms with Gasteiger partial charge < -0.3 is 26.6 Å². The maximum absolute atomic E-state index is 11.7. The molecule has 0 saturated carbocycles. The maximum Gasteiger partial charge on any atom is 0.249 e. The number of carbonyl (C=O) groups excluding carboxylic acids is 3. The minimum atomic E-state index is -1.35. The third-order valence-electron chi connectivity index (χ3n) is 3.32. The fraction of sp³-hybridized carbons (Fsp3) is 0.800. The van der Waals surface area contributed by atoms with Crippen molar-refractivity contribution >= 4 is 28.7 Å². The summed E-state index contributed by atoms with van der Waals surface area (Å²) in [5.41, 5.74) is 4.37. The van der Waals surface area contributed by atoms with Crippen LogP contribution in [-0.4, -0.2) is 65.2 Å². The Balaban J connectivity index is 3.80. The third kappa shape index (κ3) is 9.86. The lowest BCUT2D eigenvalue weighted by Gasteiger charge is -2.27. The molecule has 0 bridgehead atoms. The Morgan fingerprint density at radius 1 is 1.17 bits per heavy atom. The molecule has 0 unspecified atom stereocenters. The largest absolute Gasteiger partial charge is 0.396 e. The van der Waals surface area contributed by atoms with Gasteiger partial charge in [0, 0.05) is 37.1 Å². The van der Waals surface area contributed by atoms with Crippen molar-refractivity contribution in [2.24, 2.45) is 11.1 Å². The Labute approximate surface area is 146 Å². The fourth-order valence-electron chi connectivity index (χ4n) is 1.60. The van der Waals surface area contributed by atoms with Gasteiger partial charge in [-0.25, -0.2) is 0 Å². The molecule has 0 fully saturated rings. The summed E-state index contributed by atoms with van der Waals surface area (Å²) < 4.78 is 0. The molecule has 0 aromatic rings. The van der Waals surface area contributed by atoms with Gasteiger partial charge in [0.05, 0.1) is 6.61 Å². The van der Waals surface area contributed by atoms with Gasteiger partial charge in [-0.2, -0.15) is 0 Å². The number of nitrogens with two attached hydrogens (primary N) is 1. The SMILES string of the molecule is CC(C)(CO)[C@@H](O)C(=O)NCCC(=O)NCCSC(=O)CCCN. The highest BCUT2D eigenvalue weighted by Crippen LogP contribution is 2.19. The molecular formula is C15H29N3O5S. The summed E-state index contributed by atoms with van der Waals surface area (Å²) in [7, 11) is 0. The van der Waals surface area contributed by atoms with Crippen molar-refractivity contribution in [1.29, 1.82) is 0 Å². The molecule has 6 N–H and O–H groups in total. The highest BCUT2D eigenvalue weighted by Gasteiger charge is 2.32. The van der Waals surface area contributed by atoms with Crippen LogP contribution in [0.2, 0.25) is 0 Å². The highest BCUT2D eigenvalue weighted by molar-refractivity contribution is 8.13. The lowest BCUT2D eigenvalue weighted by atomic mass is 9.87. The summed E-state index contributed by atoms with van der Waals surface area (Å²) >= 11 is 1.16. The quantitative estimate of drug-likeness (QED) is 0.280. The summed E-state index contributed by atoms with van der Waals surface area (Å²) in [4.78, 5) is 34.7. The summed E-state index contributed by atoms with van der Waals surface area (Å²) in [6.07, 6.45) is -0.171. The average molecular weight is 363 g/mol. The second kappa shape index (κ2) is 12.2. The van der Waals surface area contributed by atoms with Crippen LogP contribution in [0.1, 0.15) is 33.1 Å². The molecule has 0 rings (SSSR count). The van der Waals surface area contributed by atoms with Crippen LogP contribution >= 0.6 is 11.8 Å². The van der Waals surface area contributed by atoms with Gasteiger partial charge in [0.25, 0.3) is 0 Å². The van der Waals surface area contributed by atoms with Crippen LogP contribution in [0.3, 0.4) is 0 Å². The number of thioether (sulfide) groups is 1. The number of aliphatic hydroxyl groups is 2. The number of rotatable bonds is 12. The lowest BCUT2D eigenvalue weighted by molar-refractivity contribution is -0.137. The van der Waals surface area contributed by atoms with Crippen LogP contribution in [0, 0.1) is 5.41 Å². The van der Waals surface area contributed by atoms with Crippen LogP contribution in [0.15, 0.2) is 0 Å². The van der Waals surface area contributed by atoms with Crippen molar-refractivity contribution < 1.29 is 24.6 Å². The summed E-state index contributed by atoms with van der Waals surface area (Å²) in [5.74, 6) is -0.380. The van der Waals surface area contributed by atoms with Crippen molar-refractivity contribution in [2.75, 3.05) is 32.0 Å². The molecule has 0 aliphatic rings. The zero-order chi connectivity index (χ0) is 18.6. The number of amides is 2. The van der Waals surface area contributed by atoms with Crippen LogP contribution in [0.4, 0.5) is 0 Å². The Bertz CT molecular complexity index is 418. The van der Waals surface area contributed by atoms with Crippen LogP contribution in [-0.2, 0) is 14.4 Å². The number of aliphatic hydroxyl groups excluding tert-OH is 2. The second-order valence-electron chi connectivity index (χ2n) is 6.05. The third-order valence-corrected chi connectivity index (χ3v) is 4.25. The first kappa shape index (κ1) is 22.8. The van der Waals surface area contributed by atoms with E-state index in [1.165, 1.54) is 0 Å². The molecule has 140 valence electrons. The van der Waals surface area contributed by atoms with E-state index in [-0.39, 0.29) is 30.6 Å². The van der Waals surface area contributed by atoms with Crippen molar-refractivity contribution in [3.63, 3.8) is 0 Å². The molecule has 0 aliphatic heterocycles. The summed E-state index contributed by atoms with van der Waals surface area (Å²) in [5, 5.41) is 24.0. The van der Waals surface area contributed by atoms with Gasteiger partial charge >= 0.3 is 0 Å². The molecule has 0 aliphatic carbocycles. The molecule has 1 atom stereocenters. The van der Waals surface area contributed by atoms with Crippen molar-refractivity contribution in [3.8, 4) is 0 Å². The first-order chi connectivity index (χ1) is 11.2. The molecule has 2 amide bonds. The van der Waals surface area contributed by atoms with E-state index < -0.39 is 17.4 Å². The van der Waals surface area contributed by atoms with Crippen molar-refractivity contribution in [3.05, 3.63) is 0 Å². The smallest absolute Gasteiger partial charge is 0.249 e. The molecule has 0 aromatic heterocycles. The van der Waals surface area contributed by atoms with Gasteiger partial charge in [0.2, 0.25) is 11.8 Å². The van der Waals surface area contributed by atoms with Crippen molar-refractivity contribution in [1.82, 2.24) is 10.6 Å². The van der Waals surface area contributed by atoms with E-state index in [0.29, 0.717) is 31.7 Å². The maximum atomic E-state index is 11.7. The van der Waals surface area contributed by atoms with Crippen LogP contribution in [0.5, 0.6) is 0 Å². The predicted molar refractivity (Wildman–Crippen MR) is 93.3 cm³/mol. The zero-order valence-corrected chi connectivity index (χ0v) is 15.2. The average Bonchev–Trinajstić information content (AvgIpc) is 2.55. The molecule has 0 aromatic carbocycles. The van der Waals surface area contributed by atoms with Gasteiger partial charge in [-0.15, -0.1) is 0 Å². The van der Waals surface area contributed by atoms with E-state index in [0.717, 1.165) is 11.8 Å². The second-order valence-corrected chi connectivity index (χ2v) is 7.21. The number of nitrogens with one attached hydrogen (secondary N) is 2. The summed E-state index contributed by atoms with van der Waals surface area (Å²) in [6, 6.07) is 0. The van der Waals surface area contributed by atoms with Crippen LogP contribution < -0.4 is 16.4 Å². The number of hydrogen-bond acceptors (Lipinski definition) is 7. The van der Waals surface area contributed by atoms with E-state index in [1.807, 2.05) is 0 Å². The van der Waals surface area contributed by atoms with Gasteiger partial charge in [-0.1, -0.05) is 25.6 Å². The highest BCUT2D eigenvalue weighted by atomic mass is 32.2. The Morgan fingerprint density at radius 2 is 1.83 bits per heavy atom. The molecule has 8 nitrogen and oxygen atoms in total. The molecule has 0 heterocycles. The topological polar surface area (TPSA) is 142 Å². The van der Waals surface area contributed by atoms with Gasteiger partial charge in [-0.05, 0) is 13.0 Å². The molecule has 0 radical (unpaired) electrons. The first-order valence-electron chi connectivity index (χ1n) is 7.93. The predicted octanol–water partition coefficient (Wildman–Crippen LogP) is -1.01. The minimum Gasteiger partial charge on any atom is -0.396 e. The van der Waals surface area contributed by atoms with E-state index in [9.17, 15) is 19.5 Å². The zero-order valence-electron chi connectivity index (χ0n) is 14.3. The monoisotopic (exact) mass is 363 g/mol. The normalized spacial score (nSPS) is 12.5. The molecule has 9 heteroatoms. The van der Waals surface area contributed by atoms with E-state index in [4.69, 9.17) is 10.8 Å². The molecule has 0 saturated heterocycles. The lowest BCUT2D eigenvalue weighted by Crippen LogP contribution is -2.46. The van der Waals surface area contributed by atoms with E-state index in [1.54, 1.807) is 13.8 Å². The van der Waals surface area contributed by atoms with E-state index in [2.05, 4.69) is 10.6 Å². The number of carbonyl (C=O) groups is 3. The van der Waals surface area contributed by atoms with E-state index >= 15 is 0 Å². The van der Waals surface area contributed by atoms with Crippen LogP contribution in [0.25, 0.3) is 0 Å². The van der Waals surface area contributed by atoms with Gasteiger partial charge in [-0.3, -0.25) is 14.4 Å². The summed E-state index contributed by atoms with van der Waals surface area (Å²) in [6.45, 7) is 3.74. The molecule has 0 spiro atoms. The van der Waals surface area contributed by atoms with Gasteiger partial charge in [0.15, 0.2) is 5.12 Å². The Hall–Kier alpha value is -1.16. The standard InChI is InChI=1S/C15H29N3O5S/c1-15(2,10-19)13(22)14(23)18-7-5-11(20)17-8-9-24-12(21)4-3-6-16/h13,19,22H,3-10,16H2,1-2H3,(H,17,20)(H,18,23)/t13-/m0/s1. The fourth-order valence-corrected chi connectivity index (χ4v) is 2.32. The minimum absolute atomic E-state index is 0.0578. The Morgan fingerprint density at radius 3 is 2.42 bits per heavy atom. The van der Waals surface area contributed by atoms with Gasteiger partial charge in [0.1, 0.15) is 6.10 Å². The molecule has 24 heavy (non-hydrogen) atoms. The van der Waals surface area contributed by atoms with Crippen molar-refractivity contribution in [2.45, 2.75) is 39.2 Å². The first-order valence-corrected chi connectivity index (χ1v) is 8.92.